The van der Waals surface area contributed by atoms with Crippen LogP contribution in [0.3, 0.4) is 0 Å². The molecule has 25 heavy (non-hydrogen) atoms. The van der Waals surface area contributed by atoms with E-state index in [1.54, 1.807) is 29.2 Å². The molecule has 0 spiro atoms. The topological polar surface area (TPSA) is 57.6 Å². The molecule has 0 fully saturated rings. The molecule has 1 aliphatic rings. The molecular formula is C21H23NO3. The van der Waals surface area contributed by atoms with Crippen LogP contribution in [0.1, 0.15) is 47.7 Å². The quantitative estimate of drug-likeness (QED) is 0.819. The van der Waals surface area contributed by atoms with Gasteiger partial charge in [0.25, 0.3) is 5.91 Å². The van der Waals surface area contributed by atoms with E-state index in [0.29, 0.717) is 23.4 Å². The van der Waals surface area contributed by atoms with Crippen molar-refractivity contribution in [2.24, 2.45) is 0 Å². The standard InChI is InChI=1S/C21H23NO3/c1-3-4-13-22-18-8-6-5-7-17(18)21(25,20(22)24)14-19(23)16-11-9-15(2)10-12-16/h5-12,25H,3-4,13-14H2,1-2H3. The molecule has 0 saturated carbocycles. The molecule has 4 heteroatoms. The molecule has 1 N–H and O–H groups in total. The van der Waals surface area contributed by atoms with Crippen molar-refractivity contribution >= 4 is 17.4 Å². The number of rotatable bonds is 6. The van der Waals surface area contributed by atoms with Gasteiger partial charge in [-0.05, 0) is 19.4 Å². The predicted octanol–water partition coefficient (Wildman–Crippen LogP) is 3.60. The molecule has 0 bridgehead atoms. The lowest BCUT2D eigenvalue weighted by Gasteiger charge is -2.22. The molecule has 1 amide bonds. The third-order valence-electron chi connectivity index (χ3n) is 4.76. The number of para-hydroxylation sites is 1. The van der Waals surface area contributed by atoms with Gasteiger partial charge in [-0.3, -0.25) is 9.59 Å². The van der Waals surface area contributed by atoms with Crippen LogP contribution in [0.25, 0.3) is 0 Å². The number of nitrogens with zero attached hydrogens (tertiary/aromatic N) is 1. The lowest BCUT2D eigenvalue weighted by Crippen LogP contribution is -2.42. The highest BCUT2D eigenvalue weighted by Crippen LogP contribution is 2.42. The van der Waals surface area contributed by atoms with Crippen LogP contribution < -0.4 is 4.90 Å². The summed E-state index contributed by atoms with van der Waals surface area (Å²) in [5.41, 5.74) is 1.02. The number of unbranched alkanes of at least 4 members (excludes halogenated alkanes) is 1. The van der Waals surface area contributed by atoms with Crippen molar-refractivity contribution in [3.8, 4) is 0 Å². The van der Waals surface area contributed by atoms with E-state index in [4.69, 9.17) is 0 Å². The number of anilines is 1. The maximum absolute atomic E-state index is 12.9. The van der Waals surface area contributed by atoms with Gasteiger partial charge in [-0.25, -0.2) is 0 Å². The number of hydrogen-bond donors (Lipinski definition) is 1. The second kappa shape index (κ2) is 6.81. The van der Waals surface area contributed by atoms with Gasteiger partial charge in [0, 0.05) is 17.7 Å². The Bertz CT molecular complexity index is 797. The highest BCUT2D eigenvalue weighted by atomic mass is 16.3. The predicted molar refractivity (Wildman–Crippen MR) is 97.7 cm³/mol. The molecule has 0 aliphatic carbocycles. The molecule has 4 nitrogen and oxygen atoms in total. The van der Waals surface area contributed by atoms with E-state index in [-0.39, 0.29) is 12.2 Å². The highest BCUT2D eigenvalue weighted by Gasteiger charge is 2.50. The molecule has 1 atom stereocenters. The average Bonchev–Trinajstić information content (AvgIpc) is 2.82. The summed E-state index contributed by atoms with van der Waals surface area (Å²) in [5, 5.41) is 11.2. The normalized spacial score (nSPS) is 19.2. The minimum absolute atomic E-state index is 0.233. The van der Waals surface area contributed by atoms with Crippen LogP contribution in [-0.2, 0) is 10.4 Å². The molecule has 1 unspecified atom stereocenters. The monoisotopic (exact) mass is 337 g/mol. The van der Waals surface area contributed by atoms with Crippen LogP contribution in [0.5, 0.6) is 0 Å². The summed E-state index contributed by atoms with van der Waals surface area (Å²) in [6, 6.07) is 14.4. The van der Waals surface area contributed by atoms with Crippen LogP contribution in [0.15, 0.2) is 48.5 Å². The van der Waals surface area contributed by atoms with E-state index in [1.807, 2.05) is 31.2 Å². The van der Waals surface area contributed by atoms with Gasteiger partial charge in [-0.2, -0.15) is 0 Å². The van der Waals surface area contributed by atoms with E-state index < -0.39 is 11.5 Å². The summed E-state index contributed by atoms with van der Waals surface area (Å²) < 4.78 is 0. The zero-order chi connectivity index (χ0) is 18.0. The van der Waals surface area contributed by atoms with Gasteiger partial charge in [-0.15, -0.1) is 0 Å². The Balaban J connectivity index is 1.92. The summed E-state index contributed by atoms with van der Waals surface area (Å²) in [7, 11) is 0. The van der Waals surface area contributed by atoms with E-state index in [2.05, 4.69) is 6.92 Å². The molecule has 2 aromatic rings. The molecule has 2 aromatic carbocycles. The Morgan fingerprint density at radius 1 is 1.12 bits per heavy atom. The fourth-order valence-electron chi connectivity index (χ4n) is 3.29. The van der Waals surface area contributed by atoms with Crippen molar-refractivity contribution in [1.82, 2.24) is 0 Å². The first-order chi connectivity index (χ1) is 12.0. The third kappa shape index (κ3) is 3.10. The van der Waals surface area contributed by atoms with Crippen molar-refractivity contribution < 1.29 is 14.7 Å². The summed E-state index contributed by atoms with van der Waals surface area (Å²) in [4.78, 5) is 27.2. The second-order valence-electron chi connectivity index (χ2n) is 6.65. The van der Waals surface area contributed by atoms with E-state index in [0.717, 1.165) is 18.4 Å². The van der Waals surface area contributed by atoms with Crippen LogP contribution in [0.4, 0.5) is 5.69 Å². The maximum Gasteiger partial charge on any atom is 0.264 e. The number of amides is 1. The van der Waals surface area contributed by atoms with E-state index >= 15 is 0 Å². The fraction of sp³-hybridized carbons (Fsp3) is 0.333. The number of hydrogen-bond acceptors (Lipinski definition) is 3. The Kier molecular flexibility index (Phi) is 4.73. The van der Waals surface area contributed by atoms with Crippen LogP contribution in [-0.4, -0.2) is 23.3 Å². The molecule has 3 rings (SSSR count). The van der Waals surface area contributed by atoms with Gasteiger partial charge in [0.1, 0.15) is 0 Å². The Morgan fingerprint density at radius 3 is 2.48 bits per heavy atom. The zero-order valence-corrected chi connectivity index (χ0v) is 14.7. The van der Waals surface area contributed by atoms with E-state index in [1.165, 1.54) is 0 Å². The summed E-state index contributed by atoms with van der Waals surface area (Å²) in [6.07, 6.45) is 1.56. The van der Waals surface area contributed by atoms with Crippen molar-refractivity contribution in [3.63, 3.8) is 0 Å². The molecule has 0 saturated heterocycles. The highest BCUT2D eigenvalue weighted by molar-refractivity contribution is 6.10. The van der Waals surface area contributed by atoms with Crippen LogP contribution in [0.2, 0.25) is 0 Å². The summed E-state index contributed by atoms with van der Waals surface area (Å²) >= 11 is 0. The van der Waals surface area contributed by atoms with E-state index in [9.17, 15) is 14.7 Å². The first kappa shape index (κ1) is 17.4. The van der Waals surface area contributed by atoms with Crippen molar-refractivity contribution in [2.75, 3.05) is 11.4 Å². The molecule has 1 heterocycles. The van der Waals surface area contributed by atoms with Crippen LogP contribution >= 0.6 is 0 Å². The Morgan fingerprint density at radius 2 is 1.80 bits per heavy atom. The molecule has 0 radical (unpaired) electrons. The smallest absolute Gasteiger partial charge is 0.264 e. The molecule has 130 valence electrons. The molecule has 0 aromatic heterocycles. The lowest BCUT2D eigenvalue weighted by molar-refractivity contribution is -0.135. The number of ketones is 1. The minimum Gasteiger partial charge on any atom is -0.375 e. The van der Waals surface area contributed by atoms with Gasteiger partial charge in [0.2, 0.25) is 0 Å². The van der Waals surface area contributed by atoms with Gasteiger partial charge in [-0.1, -0.05) is 61.4 Å². The van der Waals surface area contributed by atoms with Crippen molar-refractivity contribution in [2.45, 2.75) is 38.7 Å². The Hall–Kier alpha value is -2.46. The molecular weight excluding hydrogens is 314 g/mol. The number of carbonyl (C=O) groups is 2. The lowest BCUT2D eigenvalue weighted by atomic mass is 9.88. The van der Waals surface area contributed by atoms with Gasteiger partial charge in [0.15, 0.2) is 11.4 Å². The average molecular weight is 337 g/mol. The van der Waals surface area contributed by atoms with Gasteiger partial charge < -0.3 is 10.0 Å². The third-order valence-corrected chi connectivity index (χ3v) is 4.76. The van der Waals surface area contributed by atoms with Crippen molar-refractivity contribution in [1.29, 1.82) is 0 Å². The first-order valence-corrected chi connectivity index (χ1v) is 8.71. The number of aliphatic hydroxyl groups is 1. The fourth-order valence-corrected chi connectivity index (χ4v) is 3.29. The zero-order valence-electron chi connectivity index (χ0n) is 14.7. The van der Waals surface area contributed by atoms with Gasteiger partial charge >= 0.3 is 0 Å². The molecule has 1 aliphatic heterocycles. The Labute approximate surface area is 148 Å². The largest absolute Gasteiger partial charge is 0.375 e. The number of Topliss-reactive ketones (excluding diaryl/α,β-unsaturated/α-hetero) is 1. The first-order valence-electron chi connectivity index (χ1n) is 8.71. The summed E-state index contributed by atoms with van der Waals surface area (Å²) in [5.74, 6) is -0.634. The number of carbonyl (C=O) groups excluding carboxylic acids is 2. The number of benzene rings is 2. The number of aryl methyl sites for hydroxylation is 1. The number of fused-ring (bicyclic) bond motifs is 1. The van der Waals surface area contributed by atoms with Crippen LogP contribution in [0, 0.1) is 6.92 Å². The SMILES string of the molecule is CCCCN1C(=O)C(O)(CC(=O)c2ccc(C)cc2)c2ccccc21. The maximum atomic E-state index is 12.9. The minimum atomic E-state index is -1.79. The van der Waals surface area contributed by atoms with Gasteiger partial charge in [0.05, 0.1) is 12.1 Å². The van der Waals surface area contributed by atoms with Crippen molar-refractivity contribution in [3.05, 3.63) is 65.2 Å². The second-order valence-corrected chi connectivity index (χ2v) is 6.65. The summed E-state index contributed by atoms with van der Waals surface area (Å²) in [6.45, 7) is 4.55.